The number of nitrogens with one attached hydrogen (secondary N) is 1. The molecule has 1 atom stereocenters. The fourth-order valence-electron chi connectivity index (χ4n) is 2.38. The minimum atomic E-state index is -0.343. The zero-order valence-electron chi connectivity index (χ0n) is 12.5. The van der Waals surface area contributed by atoms with Crippen LogP contribution in [0.15, 0.2) is 24.3 Å². The maximum atomic E-state index is 12.2. The minimum absolute atomic E-state index is 0.209. The number of carbonyl (C=O) groups excluding carboxylic acids is 1. The maximum Gasteiger partial charge on any atom is 0.327 e. The summed E-state index contributed by atoms with van der Waals surface area (Å²) in [4.78, 5) is 12.2. The van der Waals surface area contributed by atoms with Gasteiger partial charge in [-0.1, -0.05) is 24.3 Å². The molecule has 0 saturated carbocycles. The molecule has 1 unspecified atom stereocenters. The molecule has 0 aliphatic carbocycles. The number of hydrogen-bond donors (Lipinski definition) is 1. The molecule has 116 valence electrons. The largest absolute Gasteiger partial charge is 0.464 e. The molecule has 1 N–H and O–H groups in total. The highest BCUT2D eigenvalue weighted by Crippen LogP contribution is 2.23. The van der Waals surface area contributed by atoms with Gasteiger partial charge in [-0.05, 0) is 17.5 Å². The maximum absolute atomic E-state index is 12.2. The van der Waals surface area contributed by atoms with E-state index in [2.05, 4.69) is 11.4 Å². The second-order valence-corrected chi connectivity index (χ2v) is 4.96. The van der Waals surface area contributed by atoms with Crippen LogP contribution in [-0.2, 0) is 25.4 Å². The molecule has 2 rings (SSSR count). The van der Waals surface area contributed by atoms with Crippen LogP contribution in [0.4, 0.5) is 0 Å². The molecule has 1 aromatic rings. The van der Waals surface area contributed by atoms with E-state index >= 15 is 0 Å². The van der Waals surface area contributed by atoms with Crippen molar-refractivity contribution in [2.45, 2.75) is 18.9 Å². The molecule has 1 aromatic carbocycles. The lowest BCUT2D eigenvalue weighted by atomic mass is 9.94. The summed E-state index contributed by atoms with van der Waals surface area (Å²) in [6.45, 7) is 2.92. The molecule has 1 aliphatic rings. The highest BCUT2D eigenvalue weighted by atomic mass is 16.5. The Morgan fingerprint density at radius 3 is 2.95 bits per heavy atom. The monoisotopic (exact) mass is 293 g/mol. The number of esters is 1. The van der Waals surface area contributed by atoms with Crippen LogP contribution in [0.3, 0.4) is 0 Å². The van der Waals surface area contributed by atoms with E-state index in [1.54, 1.807) is 7.11 Å². The summed E-state index contributed by atoms with van der Waals surface area (Å²) >= 11 is 0. The lowest BCUT2D eigenvalue weighted by Gasteiger charge is -2.25. The Labute approximate surface area is 125 Å². The molecule has 0 aromatic heterocycles. The zero-order valence-corrected chi connectivity index (χ0v) is 12.5. The molecule has 5 nitrogen and oxygen atoms in total. The van der Waals surface area contributed by atoms with Crippen LogP contribution in [-0.4, -0.2) is 46.1 Å². The fourth-order valence-corrected chi connectivity index (χ4v) is 2.38. The summed E-state index contributed by atoms with van der Waals surface area (Å²) in [7, 11) is 1.64. The van der Waals surface area contributed by atoms with Gasteiger partial charge in [0.1, 0.15) is 6.04 Å². The van der Waals surface area contributed by atoms with Crippen LogP contribution < -0.4 is 5.32 Å². The van der Waals surface area contributed by atoms with Crippen molar-refractivity contribution in [2.75, 3.05) is 40.1 Å². The quantitative estimate of drug-likeness (QED) is 0.581. The van der Waals surface area contributed by atoms with Gasteiger partial charge in [0.2, 0.25) is 0 Å². The van der Waals surface area contributed by atoms with E-state index in [1.165, 1.54) is 5.56 Å². The van der Waals surface area contributed by atoms with E-state index < -0.39 is 0 Å². The standard InChI is InChI=1S/C16H23NO4/c1-19-11-12-20-9-4-10-21-16(18)15-14-6-3-2-5-13(14)7-8-17-15/h2-3,5-6,15,17H,4,7-12H2,1H3. The van der Waals surface area contributed by atoms with Gasteiger partial charge in [0.05, 0.1) is 19.8 Å². The van der Waals surface area contributed by atoms with Crippen LogP contribution in [0.2, 0.25) is 0 Å². The average Bonchev–Trinajstić information content (AvgIpc) is 2.53. The normalized spacial score (nSPS) is 17.3. The van der Waals surface area contributed by atoms with Crippen molar-refractivity contribution < 1.29 is 19.0 Å². The molecule has 0 amide bonds. The Bertz CT molecular complexity index is 450. The third-order valence-corrected chi connectivity index (χ3v) is 3.45. The lowest BCUT2D eigenvalue weighted by Crippen LogP contribution is -2.36. The van der Waals surface area contributed by atoms with Crippen molar-refractivity contribution in [1.82, 2.24) is 5.32 Å². The number of hydrogen-bond acceptors (Lipinski definition) is 5. The highest BCUT2D eigenvalue weighted by molar-refractivity contribution is 5.78. The summed E-state index contributed by atoms with van der Waals surface area (Å²) in [6.07, 6.45) is 1.65. The van der Waals surface area contributed by atoms with Crippen LogP contribution >= 0.6 is 0 Å². The van der Waals surface area contributed by atoms with Crippen molar-refractivity contribution >= 4 is 5.97 Å². The van der Waals surface area contributed by atoms with Crippen molar-refractivity contribution in [2.24, 2.45) is 0 Å². The lowest BCUT2D eigenvalue weighted by molar-refractivity contribution is -0.147. The van der Waals surface area contributed by atoms with Gasteiger partial charge in [-0.2, -0.15) is 0 Å². The van der Waals surface area contributed by atoms with E-state index in [0.717, 1.165) is 18.5 Å². The van der Waals surface area contributed by atoms with E-state index in [9.17, 15) is 4.79 Å². The topological polar surface area (TPSA) is 56.8 Å². The van der Waals surface area contributed by atoms with E-state index in [4.69, 9.17) is 14.2 Å². The summed E-state index contributed by atoms with van der Waals surface area (Å²) in [5, 5.41) is 3.22. The SMILES string of the molecule is COCCOCCCOC(=O)C1NCCc2ccccc21. The Hall–Kier alpha value is -1.43. The molecule has 1 aliphatic heterocycles. The van der Waals surface area contributed by atoms with Gasteiger partial charge in [-0.15, -0.1) is 0 Å². The van der Waals surface area contributed by atoms with Crippen molar-refractivity contribution in [3.63, 3.8) is 0 Å². The first-order valence-electron chi connectivity index (χ1n) is 7.37. The fraction of sp³-hybridized carbons (Fsp3) is 0.562. The molecule has 0 radical (unpaired) electrons. The first-order chi connectivity index (χ1) is 10.3. The molecular weight excluding hydrogens is 270 g/mol. The Balaban J connectivity index is 1.72. The summed E-state index contributed by atoms with van der Waals surface area (Å²) < 4.78 is 15.5. The van der Waals surface area contributed by atoms with Gasteiger partial charge >= 0.3 is 5.97 Å². The number of carbonyl (C=O) groups is 1. The van der Waals surface area contributed by atoms with Crippen LogP contribution in [0, 0.1) is 0 Å². The van der Waals surface area contributed by atoms with Gasteiger partial charge in [-0.3, -0.25) is 0 Å². The number of rotatable bonds is 8. The predicted octanol–water partition coefficient (Wildman–Crippen LogP) is 1.47. The molecule has 5 heteroatoms. The Kier molecular flexibility index (Phi) is 6.66. The van der Waals surface area contributed by atoms with E-state index in [0.29, 0.717) is 32.8 Å². The highest BCUT2D eigenvalue weighted by Gasteiger charge is 2.26. The van der Waals surface area contributed by atoms with E-state index in [-0.39, 0.29) is 12.0 Å². The second-order valence-electron chi connectivity index (χ2n) is 4.96. The Morgan fingerprint density at radius 1 is 1.24 bits per heavy atom. The number of benzene rings is 1. The van der Waals surface area contributed by atoms with Gasteiger partial charge in [0.15, 0.2) is 0 Å². The van der Waals surface area contributed by atoms with Gasteiger partial charge in [0, 0.05) is 26.7 Å². The first-order valence-corrected chi connectivity index (χ1v) is 7.37. The molecule has 0 fully saturated rings. The zero-order chi connectivity index (χ0) is 14.9. The smallest absolute Gasteiger partial charge is 0.327 e. The van der Waals surface area contributed by atoms with Crippen LogP contribution in [0.5, 0.6) is 0 Å². The summed E-state index contributed by atoms with van der Waals surface area (Å²) in [5.74, 6) is -0.209. The first kappa shape index (κ1) is 15.9. The van der Waals surface area contributed by atoms with E-state index in [1.807, 2.05) is 18.2 Å². The Morgan fingerprint density at radius 2 is 2.10 bits per heavy atom. The predicted molar refractivity (Wildman–Crippen MR) is 79.2 cm³/mol. The number of ether oxygens (including phenoxy) is 3. The van der Waals surface area contributed by atoms with Gasteiger partial charge in [-0.25, -0.2) is 4.79 Å². The molecule has 21 heavy (non-hydrogen) atoms. The minimum Gasteiger partial charge on any atom is -0.464 e. The number of methoxy groups -OCH3 is 1. The third-order valence-electron chi connectivity index (χ3n) is 3.45. The molecular formula is C16H23NO4. The van der Waals surface area contributed by atoms with Crippen molar-refractivity contribution in [1.29, 1.82) is 0 Å². The molecule has 1 heterocycles. The molecule has 0 saturated heterocycles. The van der Waals surface area contributed by atoms with Gasteiger partial charge < -0.3 is 19.5 Å². The van der Waals surface area contributed by atoms with Crippen molar-refractivity contribution in [3.8, 4) is 0 Å². The molecule has 0 spiro atoms. The average molecular weight is 293 g/mol. The summed E-state index contributed by atoms with van der Waals surface area (Å²) in [6, 6.07) is 7.67. The molecule has 0 bridgehead atoms. The second kappa shape index (κ2) is 8.77. The van der Waals surface area contributed by atoms with Crippen LogP contribution in [0.25, 0.3) is 0 Å². The summed E-state index contributed by atoms with van der Waals surface area (Å²) in [5.41, 5.74) is 2.26. The van der Waals surface area contributed by atoms with Gasteiger partial charge in [0.25, 0.3) is 0 Å². The number of fused-ring (bicyclic) bond motifs is 1. The van der Waals surface area contributed by atoms with Crippen molar-refractivity contribution in [3.05, 3.63) is 35.4 Å². The van der Waals surface area contributed by atoms with Crippen LogP contribution in [0.1, 0.15) is 23.6 Å². The third kappa shape index (κ3) is 4.81.